The van der Waals surface area contributed by atoms with Crippen molar-refractivity contribution in [3.05, 3.63) is 0 Å². The highest BCUT2D eigenvalue weighted by Crippen LogP contribution is 2.12. The van der Waals surface area contributed by atoms with E-state index in [1.54, 1.807) is 6.92 Å². The maximum absolute atomic E-state index is 11.9. The summed E-state index contributed by atoms with van der Waals surface area (Å²) in [6.45, 7) is 5.82. The molecule has 0 rings (SSSR count). The van der Waals surface area contributed by atoms with Crippen molar-refractivity contribution in [3.63, 3.8) is 0 Å². The van der Waals surface area contributed by atoms with Crippen LogP contribution >= 0.6 is 0 Å². The lowest BCUT2D eigenvalue weighted by molar-refractivity contribution is -0.145. The molecule has 7 nitrogen and oxygen atoms in total. The fraction of sp³-hybridized carbons (Fsp3) is 0.786. The fourth-order valence-corrected chi connectivity index (χ4v) is 1.80. The van der Waals surface area contributed by atoms with Crippen LogP contribution in [0.1, 0.15) is 40.0 Å². The highest BCUT2D eigenvalue weighted by atomic mass is 16.4. The van der Waals surface area contributed by atoms with Gasteiger partial charge in [0.25, 0.3) is 0 Å². The summed E-state index contributed by atoms with van der Waals surface area (Å²) in [5.41, 5.74) is -1.13. The normalized spacial score (nSPS) is 13.3. The Kier molecular flexibility index (Phi) is 8.61. The van der Waals surface area contributed by atoms with Crippen LogP contribution in [-0.2, 0) is 14.4 Å². The molecule has 0 saturated carbocycles. The van der Waals surface area contributed by atoms with E-state index in [-0.39, 0.29) is 24.9 Å². The summed E-state index contributed by atoms with van der Waals surface area (Å²) in [4.78, 5) is 35.9. The lowest BCUT2D eigenvalue weighted by Gasteiger charge is -2.27. The van der Waals surface area contributed by atoms with Gasteiger partial charge in [-0.1, -0.05) is 20.3 Å². The second-order valence-corrected chi connectivity index (χ2v) is 5.34. The maximum atomic E-state index is 11.9. The van der Waals surface area contributed by atoms with Crippen molar-refractivity contribution in [1.29, 1.82) is 0 Å². The Hall–Kier alpha value is -1.63. The van der Waals surface area contributed by atoms with Crippen LogP contribution in [0.4, 0.5) is 0 Å². The third-order valence-electron chi connectivity index (χ3n) is 3.23. The Morgan fingerprint density at radius 2 is 1.81 bits per heavy atom. The largest absolute Gasteiger partial charge is 0.480 e. The Balaban J connectivity index is 4.34. The van der Waals surface area contributed by atoms with Gasteiger partial charge in [-0.3, -0.25) is 19.7 Å². The minimum Gasteiger partial charge on any atom is -0.480 e. The van der Waals surface area contributed by atoms with Crippen molar-refractivity contribution >= 4 is 17.8 Å². The summed E-state index contributed by atoms with van der Waals surface area (Å²) in [6.07, 6.45) is 1.95. The van der Waals surface area contributed by atoms with Crippen molar-refractivity contribution in [2.75, 3.05) is 26.7 Å². The van der Waals surface area contributed by atoms with Crippen molar-refractivity contribution in [1.82, 2.24) is 15.5 Å². The molecule has 0 aromatic heterocycles. The SMILES string of the molecule is CCCNC(=O)CN(C)C(=O)CNC(C)(CCC)C(=O)O. The number of carbonyl (C=O) groups is 3. The Morgan fingerprint density at radius 1 is 1.19 bits per heavy atom. The number of nitrogens with zero attached hydrogens (tertiary/aromatic N) is 1. The molecule has 0 bridgehead atoms. The molecule has 21 heavy (non-hydrogen) atoms. The molecule has 1 unspecified atom stereocenters. The van der Waals surface area contributed by atoms with Gasteiger partial charge in [0, 0.05) is 13.6 Å². The molecule has 0 aromatic carbocycles. The van der Waals surface area contributed by atoms with Gasteiger partial charge in [-0.25, -0.2) is 0 Å². The summed E-state index contributed by atoms with van der Waals surface area (Å²) >= 11 is 0. The van der Waals surface area contributed by atoms with Gasteiger partial charge in [-0.2, -0.15) is 0 Å². The van der Waals surface area contributed by atoms with E-state index in [1.165, 1.54) is 11.9 Å². The van der Waals surface area contributed by atoms with Gasteiger partial charge in [0.2, 0.25) is 11.8 Å². The first kappa shape index (κ1) is 19.4. The molecule has 122 valence electrons. The molecule has 0 aliphatic heterocycles. The monoisotopic (exact) mass is 301 g/mol. The number of hydrogen-bond acceptors (Lipinski definition) is 4. The zero-order chi connectivity index (χ0) is 16.5. The van der Waals surface area contributed by atoms with Gasteiger partial charge in [0.1, 0.15) is 5.54 Å². The Morgan fingerprint density at radius 3 is 2.29 bits per heavy atom. The molecule has 0 radical (unpaired) electrons. The summed E-state index contributed by atoms with van der Waals surface area (Å²) in [5.74, 6) is -1.52. The average molecular weight is 301 g/mol. The smallest absolute Gasteiger partial charge is 0.323 e. The molecular weight excluding hydrogens is 274 g/mol. The lowest BCUT2D eigenvalue weighted by Crippen LogP contribution is -2.53. The van der Waals surface area contributed by atoms with E-state index in [0.717, 1.165) is 6.42 Å². The number of hydrogen-bond donors (Lipinski definition) is 3. The topological polar surface area (TPSA) is 98.7 Å². The van der Waals surface area contributed by atoms with Crippen LogP contribution < -0.4 is 10.6 Å². The molecule has 0 saturated heterocycles. The van der Waals surface area contributed by atoms with Gasteiger partial charge in [0.05, 0.1) is 13.1 Å². The number of carboxylic acids is 1. The predicted octanol–water partition coefficient (Wildman–Crippen LogP) is 0.204. The molecule has 0 spiro atoms. The standard InChI is InChI=1S/C14H27N3O4/c1-5-7-14(3,13(20)21)16-9-12(19)17(4)10-11(18)15-8-6-2/h16H,5-10H2,1-4H3,(H,15,18)(H,20,21). The fourth-order valence-electron chi connectivity index (χ4n) is 1.80. The molecule has 0 aromatic rings. The number of amides is 2. The Bertz CT molecular complexity index is 373. The van der Waals surface area contributed by atoms with Crippen molar-refractivity contribution in [2.24, 2.45) is 0 Å². The first-order valence-electron chi connectivity index (χ1n) is 7.26. The van der Waals surface area contributed by atoms with E-state index >= 15 is 0 Å². The summed E-state index contributed by atoms with van der Waals surface area (Å²) in [5, 5.41) is 14.7. The van der Waals surface area contributed by atoms with Gasteiger partial charge in [-0.05, 0) is 19.8 Å². The van der Waals surface area contributed by atoms with Crippen LogP contribution in [-0.4, -0.2) is 60.0 Å². The number of rotatable bonds is 10. The van der Waals surface area contributed by atoms with Gasteiger partial charge in [0.15, 0.2) is 0 Å². The first-order chi connectivity index (χ1) is 9.76. The first-order valence-corrected chi connectivity index (χ1v) is 7.26. The molecule has 7 heteroatoms. The summed E-state index contributed by atoms with van der Waals surface area (Å²) in [7, 11) is 1.52. The van der Waals surface area contributed by atoms with Gasteiger partial charge >= 0.3 is 5.97 Å². The lowest BCUT2D eigenvalue weighted by atomic mass is 9.96. The highest BCUT2D eigenvalue weighted by Gasteiger charge is 2.32. The third kappa shape index (κ3) is 7.08. The second kappa shape index (κ2) is 9.33. The molecule has 0 fully saturated rings. The molecule has 2 amide bonds. The number of carboxylic acid groups (broad SMARTS) is 1. The quantitative estimate of drug-likeness (QED) is 0.535. The van der Waals surface area contributed by atoms with E-state index < -0.39 is 11.5 Å². The Labute approximate surface area is 126 Å². The number of nitrogens with one attached hydrogen (secondary N) is 2. The van der Waals surface area contributed by atoms with Crippen LogP contribution in [0.2, 0.25) is 0 Å². The van der Waals surface area contributed by atoms with Crippen molar-refractivity contribution in [3.8, 4) is 0 Å². The van der Waals surface area contributed by atoms with Crippen molar-refractivity contribution < 1.29 is 19.5 Å². The number of likely N-dealkylation sites (N-methyl/N-ethyl adjacent to an activating group) is 1. The minimum absolute atomic E-state index is 0.0297. The highest BCUT2D eigenvalue weighted by molar-refractivity contribution is 5.86. The number of carbonyl (C=O) groups excluding carboxylic acids is 2. The summed E-state index contributed by atoms with van der Waals surface area (Å²) in [6, 6.07) is 0. The van der Waals surface area contributed by atoms with Crippen molar-refractivity contribution in [2.45, 2.75) is 45.6 Å². The number of aliphatic carboxylic acids is 1. The van der Waals surface area contributed by atoms with Crippen LogP contribution in [0.25, 0.3) is 0 Å². The molecule has 3 N–H and O–H groups in total. The zero-order valence-corrected chi connectivity index (χ0v) is 13.4. The van der Waals surface area contributed by atoms with Crippen LogP contribution in [0.15, 0.2) is 0 Å². The molecule has 0 aliphatic carbocycles. The van der Waals surface area contributed by atoms with Crippen LogP contribution in [0, 0.1) is 0 Å². The van der Waals surface area contributed by atoms with Gasteiger partial charge in [-0.15, -0.1) is 0 Å². The van der Waals surface area contributed by atoms with Crippen LogP contribution in [0.5, 0.6) is 0 Å². The third-order valence-corrected chi connectivity index (χ3v) is 3.23. The second-order valence-electron chi connectivity index (χ2n) is 5.34. The van der Waals surface area contributed by atoms with E-state index in [1.807, 2.05) is 13.8 Å². The molecule has 0 aliphatic rings. The van der Waals surface area contributed by atoms with Gasteiger partial charge < -0.3 is 15.3 Å². The maximum Gasteiger partial charge on any atom is 0.323 e. The van der Waals surface area contributed by atoms with E-state index in [0.29, 0.717) is 19.4 Å². The summed E-state index contributed by atoms with van der Waals surface area (Å²) < 4.78 is 0. The van der Waals surface area contributed by atoms with E-state index in [4.69, 9.17) is 0 Å². The predicted molar refractivity (Wildman–Crippen MR) is 79.9 cm³/mol. The molecular formula is C14H27N3O4. The van der Waals surface area contributed by atoms with E-state index in [2.05, 4.69) is 10.6 Å². The zero-order valence-electron chi connectivity index (χ0n) is 13.4. The van der Waals surface area contributed by atoms with Crippen LogP contribution in [0.3, 0.4) is 0 Å². The minimum atomic E-state index is -1.13. The average Bonchev–Trinajstić information content (AvgIpc) is 2.42. The molecule has 0 heterocycles. The van der Waals surface area contributed by atoms with E-state index in [9.17, 15) is 19.5 Å². The molecule has 1 atom stereocenters.